The first-order valence-corrected chi connectivity index (χ1v) is 5.84. The molecule has 17 heavy (non-hydrogen) atoms. The van der Waals surface area contributed by atoms with Gasteiger partial charge >= 0.3 is 11.3 Å². The van der Waals surface area contributed by atoms with Gasteiger partial charge < -0.3 is 0 Å². The summed E-state index contributed by atoms with van der Waals surface area (Å²) < 4.78 is 6.48. The second-order valence-electron chi connectivity index (χ2n) is 4.34. The van der Waals surface area contributed by atoms with E-state index in [2.05, 4.69) is 19.1 Å². The number of nitrogens with zero attached hydrogens (tertiary/aromatic N) is 1. The van der Waals surface area contributed by atoms with E-state index in [0.29, 0.717) is 23.1 Å². The van der Waals surface area contributed by atoms with E-state index in [1.165, 1.54) is 0 Å². The Morgan fingerprint density at radius 3 is 2.59 bits per heavy atom. The molecule has 1 aromatic heterocycles. The number of hydrogen-bond acceptors (Lipinski definition) is 2. The largest absolute Gasteiger partial charge is 0.430 e. The summed E-state index contributed by atoms with van der Waals surface area (Å²) in [6.45, 7) is 4.11. The number of hydrogen-bond donors (Lipinski definition) is 1. The zero-order valence-electron chi connectivity index (χ0n) is 9.74. The third kappa shape index (κ3) is 2.58. The first kappa shape index (κ1) is 11.9. The lowest BCUT2D eigenvalue weighted by molar-refractivity contribution is -0.677. The number of rotatable bonds is 3. The molecule has 0 radical (unpaired) electrons. The van der Waals surface area contributed by atoms with Crippen LogP contribution in [0.4, 0.5) is 0 Å². The van der Waals surface area contributed by atoms with Crippen molar-refractivity contribution in [2.24, 2.45) is 5.92 Å². The van der Waals surface area contributed by atoms with Crippen molar-refractivity contribution in [3.05, 3.63) is 45.4 Å². The fraction of sp³-hybridized carbons (Fsp3) is 0.333. The maximum atomic E-state index is 11.6. The van der Waals surface area contributed by atoms with Crippen molar-refractivity contribution in [1.29, 1.82) is 0 Å². The van der Waals surface area contributed by atoms with Crippen LogP contribution in [0, 0.1) is 5.92 Å². The van der Waals surface area contributed by atoms with Crippen LogP contribution in [0.2, 0.25) is 5.02 Å². The second kappa shape index (κ2) is 4.75. The van der Waals surface area contributed by atoms with E-state index in [4.69, 9.17) is 16.1 Å². The first-order valence-electron chi connectivity index (χ1n) is 5.46. The summed E-state index contributed by atoms with van der Waals surface area (Å²) in [5, 5.41) is 3.26. The molecule has 1 N–H and O–H groups in total. The number of aromatic nitrogens is 2. The fourth-order valence-corrected chi connectivity index (χ4v) is 1.78. The number of benzene rings is 1. The zero-order valence-corrected chi connectivity index (χ0v) is 10.5. The lowest BCUT2D eigenvalue weighted by Crippen LogP contribution is -2.39. The molecule has 0 fully saturated rings. The van der Waals surface area contributed by atoms with Gasteiger partial charge in [-0.1, -0.05) is 25.4 Å². The molecule has 2 aromatic rings. The van der Waals surface area contributed by atoms with Crippen LogP contribution in [-0.4, -0.2) is 5.27 Å². The summed E-state index contributed by atoms with van der Waals surface area (Å²) in [6, 6.07) is 7.21. The third-order valence-corrected chi connectivity index (χ3v) is 2.67. The Balaban J connectivity index is 2.45. The minimum absolute atomic E-state index is 0.325. The van der Waals surface area contributed by atoms with Gasteiger partial charge in [-0.05, 0) is 28.0 Å². The maximum absolute atomic E-state index is 11.6. The van der Waals surface area contributed by atoms with Crippen molar-refractivity contribution in [1.82, 2.24) is 5.27 Å². The van der Waals surface area contributed by atoms with Crippen LogP contribution in [0.3, 0.4) is 0 Å². The van der Waals surface area contributed by atoms with Gasteiger partial charge in [0.15, 0.2) is 0 Å². The molecule has 0 unspecified atom stereocenters. The normalized spacial score (nSPS) is 11.1. The van der Waals surface area contributed by atoms with E-state index in [9.17, 15) is 4.79 Å². The van der Waals surface area contributed by atoms with Crippen LogP contribution in [0.1, 0.15) is 19.5 Å². The van der Waals surface area contributed by atoms with Crippen molar-refractivity contribution >= 4 is 11.6 Å². The van der Waals surface area contributed by atoms with Crippen LogP contribution < -0.4 is 10.3 Å². The predicted octanol–water partition coefficient (Wildman–Crippen LogP) is 2.10. The molecule has 0 atom stereocenters. The van der Waals surface area contributed by atoms with Crippen molar-refractivity contribution in [2.75, 3.05) is 0 Å². The van der Waals surface area contributed by atoms with Crippen LogP contribution in [0.25, 0.3) is 5.69 Å². The van der Waals surface area contributed by atoms with Crippen molar-refractivity contribution in [3.8, 4) is 5.69 Å². The Hall–Kier alpha value is -1.55. The molecule has 0 aliphatic rings. The third-order valence-electron chi connectivity index (χ3n) is 2.42. The van der Waals surface area contributed by atoms with E-state index < -0.39 is 0 Å². The Kier molecular flexibility index (Phi) is 3.33. The van der Waals surface area contributed by atoms with Crippen molar-refractivity contribution in [3.63, 3.8) is 0 Å². The van der Waals surface area contributed by atoms with Gasteiger partial charge in [-0.25, -0.2) is 4.79 Å². The van der Waals surface area contributed by atoms with Crippen LogP contribution in [0.15, 0.2) is 33.6 Å². The predicted molar refractivity (Wildman–Crippen MR) is 64.4 cm³/mol. The highest BCUT2D eigenvalue weighted by Crippen LogP contribution is 2.09. The van der Waals surface area contributed by atoms with E-state index >= 15 is 0 Å². The molecule has 1 heterocycles. The lowest BCUT2D eigenvalue weighted by Gasteiger charge is -1.97. The molecule has 0 saturated heterocycles. The molecular formula is C12H14ClN2O2+. The molecule has 4 nitrogen and oxygen atoms in total. The SMILES string of the molecule is CC(C)Cc1c(=O)o[nH][n+]1-c1ccc(Cl)cc1. The average molecular weight is 254 g/mol. The Morgan fingerprint density at radius 2 is 2.00 bits per heavy atom. The molecule has 0 saturated carbocycles. The highest BCUT2D eigenvalue weighted by Gasteiger charge is 2.23. The fourth-order valence-electron chi connectivity index (χ4n) is 1.65. The molecule has 0 bridgehead atoms. The topological polar surface area (TPSA) is 49.9 Å². The monoisotopic (exact) mass is 253 g/mol. The van der Waals surface area contributed by atoms with Gasteiger partial charge in [-0.15, -0.1) is 0 Å². The molecule has 0 amide bonds. The molecule has 0 aliphatic heterocycles. The van der Waals surface area contributed by atoms with Crippen molar-refractivity contribution in [2.45, 2.75) is 20.3 Å². The Bertz CT molecular complexity index is 555. The summed E-state index contributed by atoms with van der Waals surface area (Å²) in [5.74, 6) is 0.382. The van der Waals surface area contributed by atoms with Gasteiger partial charge in [0.25, 0.3) is 0 Å². The summed E-state index contributed by atoms with van der Waals surface area (Å²) >= 11 is 5.82. The van der Waals surface area contributed by atoms with Crippen LogP contribution in [-0.2, 0) is 6.42 Å². The summed E-state index contributed by atoms with van der Waals surface area (Å²) in [7, 11) is 0. The number of H-pyrrole nitrogens is 1. The summed E-state index contributed by atoms with van der Waals surface area (Å²) in [6.07, 6.45) is 0.661. The smallest absolute Gasteiger partial charge is 0.283 e. The highest BCUT2D eigenvalue weighted by atomic mass is 35.5. The standard InChI is InChI=1S/C12H13ClN2O2/c1-8(2)7-11-12(16)17-14-15(11)10-5-3-9(13)4-6-10/h3-6,8H,7H2,1-2H3/p+1. The van der Waals surface area contributed by atoms with Gasteiger partial charge in [-0.3, -0.25) is 4.52 Å². The number of halogens is 1. The van der Waals surface area contributed by atoms with Crippen molar-refractivity contribution < 1.29 is 9.20 Å². The minimum atomic E-state index is -0.325. The molecule has 0 spiro atoms. The quantitative estimate of drug-likeness (QED) is 0.852. The molecule has 2 rings (SSSR count). The van der Waals surface area contributed by atoms with E-state index in [0.717, 1.165) is 5.69 Å². The number of nitrogens with one attached hydrogen (secondary N) is 1. The van der Waals surface area contributed by atoms with Gasteiger partial charge in [-0.2, -0.15) is 0 Å². The van der Waals surface area contributed by atoms with Crippen LogP contribution >= 0.6 is 11.6 Å². The summed E-state index contributed by atoms with van der Waals surface area (Å²) in [5.41, 5.74) is 1.12. The van der Waals surface area contributed by atoms with Gasteiger partial charge in [0.2, 0.25) is 5.69 Å². The zero-order chi connectivity index (χ0) is 12.4. The van der Waals surface area contributed by atoms with E-state index in [1.807, 2.05) is 12.1 Å². The van der Waals surface area contributed by atoms with Gasteiger partial charge in [0.1, 0.15) is 0 Å². The maximum Gasteiger partial charge on any atom is 0.430 e. The highest BCUT2D eigenvalue weighted by molar-refractivity contribution is 6.30. The van der Waals surface area contributed by atoms with Gasteiger partial charge in [0.05, 0.1) is 0 Å². The van der Waals surface area contributed by atoms with E-state index in [1.54, 1.807) is 16.8 Å². The molecular weight excluding hydrogens is 240 g/mol. The molecule has 0 aliphatic carbocycles. The van der Waals surface area contributed by atoms with E-state index in [-0.39, 0.29) is 5.63 Å². The average Bonchev–Trinajstić information content (AvgIpc) is 2.61. The lowest BCUT2D eigenvalue weighted by atomic mass is 10.1. The molecule has 90 valence electrons. The molecule has 1 aromatic carbocycles. The Labute approximate surface area is 104 Å². The first-order chi connectivity index (χ1) is 8.08. The Morgan fingerprint density at radius 1 is 1.35 bits per heavy atom. The molecule has 5 heteroatoms. The number of aromatic amines is 1. The van der Waals surface area contributed by atoms with Gasteiger partial charge in [0, 0.05) is 23.6 Å². The minimum Gasteiger partial charge on any atom is -0.283 e. The second-order valence-corrected chi connectivity index (χ2v) is 4.77. The summed E-state index contributed by atoms with van der Waals surface area (Å²) in [4.78, 5) is 11.6. The van der Waals surface area contributed by atoms with Crippen LogP contribution in [0.5, 0.6) is 0 Å².